The van der Waals surface area contributed by atoms with Crippen LogP contribution in [0.3, 0.4) is 0 Å². The summed E-state index contributed by atoms with van der Waals surface area (Å²) in [6.07, 6.45) is 13.9. The Morgan fingerprint density at radius 3 is 1.30 bits per heavy atom. The molecule has 0 fully saturated rings. The first-order valence-electron chi connectivity index (χ1n) is 18.7. The minimum Gasteiger partial charge on any atom is -0.347 e. The lowest BCUT2D eigenvalue weighted by atomic mass is 9.84. The third-order valence-electron chi connectivity index (χ3n) is 11.4. The summed E-state index contributed by atoms with van der Waals surface area (Å²) in [4.78, 5) is 4.71. The molecule has 0 amide bonds. The van der Waals surface area contributed by atoms with Gasteiger partial charge in [0.15, 0.2) is 0 Å². The first kappa shape index (κ1) is 33.8. The summed E-state index contributed by atoms with van der Waals surface area (Å²) in [6.45, 7) is 15.9. The molecule has 4 heteroatoms. The fraction of sp³-hybridized carbons (Fsp3) is 0.348. The number of nitrogens with zero attached hydrogens (tertiary/aromatic N) is 4. The molecule has 0 bridgehead atoms. The fourth-order valence-electron chi connectivity index (χ4n) is 8.50. The molecule has 0 atom stereocenters. The van der Waals surface area contributed by atoms with Crippen molar-refractivity contribution in [2.24, 2.45) is 0 Å². The number of hydrogen-bond acceptors (Lipinski definition) is 2. The number of para-hydroxylation sites is 2. The number of aromatic nitrogens is 2. The molecule has 0 saturated carbocycles. The molecule has 4 nitrogen and oxygen atoms in total. The summed E-state index contributed by atoms with van der Waals surface area (Å²) >= 11 is 0. The van der Waals surface area contributed by atoms with Crippen LogP contribution in [0.4, 0.5) is 11.4 Å². The predicted octanol–water partition coefficient (Wildman–Crippen LogP) is 8.35. The van der Waals surface area contributed by atoms with Crippen LogP contribution < -0.4 is 29.4 Å². The lowest BCUT2D eigenvalue weighted by molar-refractivity contribution is -0.684. The van der Waals surface area contributed by atoms with Gasteiger partial charge >= 0.3 is 0 Å². The molecule has 256 valence electrons. The van der Waals surface area contributed by atoms with Gasteiger partial charge in [-0.25, -0.2) is 0 Å². The zero-order valence-electron chi connectivity index (χ0n) is 31.4. The van der Waals surface area contributed by atoms with E-state index in [1.165, 1.54) is 66.4 Å². The number of likely N-dealkylation sites (N-methyl/N-ethyl adjacent to an activating group) is 2. The van der Waals surface area contributed by atoms with Gasteiger partial charge in [-0.05, 0) is 58.0 Å². The maximum atomic E-state index is 2.58. The molecule has 2 aliphatic rings. The molecule has 0 aliphatic carbocycles. The van der Waals surface area contributed by atoms with E-state index in [9.17, 15) is 0 Å². The summed E-state index contributed by atoms with van der Waals surface area (Å²) < 4.78 is 5.16. The Hall–Kier alpha value is -4.70. The molecule has 5 aromatic rings. The second-order valence-electron chi connectivity index (χ2n) is 15.3. The molecule has 0 saturated heterocycles. The van der Waals surface area contributed by atoms with Crippen LogP contribution in [0.1, 0.15) is 78.4 Å². The van der Waals surface area contributed by atoms with E-state index >= 15 is 0 Å². The van der Waals surface area contributed by atoms with E-state index < -0.39 is 0 Å². The zero-order valence-corrected chi connectivity index (χ0v) is 31.4. The highest BCUT2D eigenvalue weighted by Crippen LogP contribution is 2.47. The molecule has 50 heavy (non-hydrogen) atoms. The Morgan fingerprint density at radius 2 is 0.920 bits per heavy atom. The van der Waals surface area contributed by atoms with E-state index in [1.807, 2.05) is 0 Å². The van der Waals surface area contributed by atoms with Gasteiger partial charge in [0.25, 0.3) is 22.1 Å². The molecule has 1 aromatic heterocycles. The van der Waals surface area contributed by atoms with Crippen molar-refractivity contribution < 1.29 is 9.13 Å². The second-order valence-corrected chi connectivity index (χ2v) is 15.3. The van der Waals surface area contributed by atoms with Crippen LogP contribution in [0.5, 0.6) is 0 Å². The minimum absolute atomic E-state index is 0.0450. The number of benzene rings is 4. The Balaban J connectivity index is 1.37. The third-order valence-corrected chi connectivity index (χ3v) is 11.4. The first-order valence-corrected chi connectivity index (χ1v) is 18.7. The highest BCUT2D eigenvalue weighted by molar-refractivity contribution is 5.78. The highest BCUT2D eigenvalue weighted by atomic mass is 15.2. The van der Waals surface area contributed by atoms with Crippen LogP contribution in [0.25, 0.3) is 34.2 Å². The van der Waals surface area contributed by atoms with Crippen molar-refractivity contribution in [3.63, 3.8) is 0 Å². The SMILES string of the molecule is CCCC[n+]1c2cc/c(=C\C=C3\N(C)c4ccccc4C3(C)C)cc2[n+](CCCC)c2cc/c(=C\C=C3\N(C)c4ccccc4C3(C)C)cc21. The van der Waals surface area contributed by atoms with Crippen LogP contribution >= 0.6 is 0 Å². The lowest BCUT2D eigenvalue weighted by Gasteiger charge is -2.23. The average molecular weight is 663 g/mol. The molecule has 4 aromatic carbocycles. The molecule has 2 aliphatic heterocycles. The van der Waals surface area contributed by atoms with Crippen molar-refractivity contribution in [2.75, 3.05) is 23.9 Å². The number of hydrogen-bond donors (Lipinski definition) is 0. The van der Waals surface area contributed by atoms with Crippen molar-refractivity contribution >= 4 is 45.6 Å². The van der Waals surface area contributed by atoms with E-state index in [-0.39, 0.29) is 10.8 Å². The van der Waals surface area contributed by atoms with Crippen molar-refractivity contribution in [1.29, 1.82) is 0 Å². The van der Waals surface area contributed by atoms with Crippen molar-refractivity contribution in [3.05, 3.63) is 130 Å². The number of fused-ring (bicyclic) bond motifs is 4. The monoisotopic (exact) mass is 662 g/mol. The summed E-state index contributed by atoms with van der Waals surface area (Å²) in [5.41, 5.74) is 13.2. The van der Waals surface area contributed by atoms with Gasteiger partial charge in [0.2, 0.25) is 0 Å². The summed E-state index contributed by atoms with van der Waals surface area (Å²) in [7, 11) is 4.40. The molecule has 0 N–H and O–H groups in total. The van der Waals surface area contributed by atoms with Gasteiger partial charge in [-0.15, -0.1) is 0 Å². The Kier molecular flexibility index (Phi) is 8.92. The maximum Gasteiger partial charge on any atom is 0.278 e. The number of anilines is 2. The van der Waals surface area contributed by atoms with Gasteiger partial charge in [-0.2, -0.15) is 9.13 Å². The zero-order chi connectivity index (χ0) is 35.2. The van der Waals surface area contributed by atoms with Crippen molar-refractivity contribution in [2.45, 2.75) is 91.1 Å². The molecule has 0 unspecified atom stereocenters. The van der Waals surface area contributed by atoms with Gasteiger partial charge in [0.1, 0.15) is 13.1 Å². The number of aryl methyl sites for hydroxylation is 2. The van der Waals surface area contributed by atoms with Crippen LogP contribution in [0.2, 0.25) is 0 Å². The molecular weight excluding hydrogens is 609 g/mol. The molecule has 0 radical (unpaired) electrons. The van der Waals surface area contributed by atoms with E-state index in [0.717, 1.165) is 38.8 Å². The van der Waals surface area contributed by atoms with Crippen LogP contribution in [-0.4, -0.2) is 14.1 Å². The summed E-state index contributed by atoms with van der Waals surface area (Å²) in [6, 6.07) is 31.8. The maximum absolute atomic E-state index is 2.58. The van der Waals surface area contributed by atoms with Crippen LogP contribution in [0.15, 0.2) is 108 Å². The number of rotatable bonds is 8. The van der Waals surface area contributed by atoms with Gasteiger partial charge in [0, 0.05) is 84.8 Å². The van der Waals surface area contributed by atoms with E-state index in [1.54, 1.807) is 0 Å². The standard InChI is InChI=1S/C46H54N4/c1-9-11-29-49-39-25-21-34(24-28-44-46(5,6)36-18-14-16-20-38(36)48(44)8)32-42(39)50(30-12-10-2)40-26-22-33(31-41(40)49)23-27-43-45(3,4)35-17-13-15-19-37(35)47(43)7/h13-28,31-32H,9-12,29-30H2,1-8H3/q+2. The van der Waals surface area contributed by atoms with Gasteiger partial charge in [0.05, 0.1) is 0 Å². The quantitative estimate of drug-likeness (QED) is 0.123. The van der Waals surface area contributed by atoms with E-state index in [4.69, 9.17) is 0 Å². The topological polar surface area (TPSA) is 14.2 Å². The van der Waals surface area contributed by atoms with Crippen molar-refractivity contribution in [3.8, 4) is 0 Å². The van der Waals surface area contributed by atoms with Crippen LogP contribution in [0, 0.1) is 0 Å². The fourth-order valence-corrected chi connectivity index (χ4v) is 8.50. The number of unbranched alkanes of at least 4 members (excludes halogenated alkanes) is 2. The summed E-state index contributed by atoms with van der Waals surface area (Å²) in [5, 5.41) is 2.47. The Bertz CT molecular complexity index is 2120. The molecular formula is C46H54N4+2. The van der Waals surface area contributed by atoms with E-state index in [2.05, 4.69) is 184 Å². The van der Waals surface area contributed by atoms with Gasteiger partial charge in [-0.3, -0.25) is 0 Å². The van der Waals surface area contributed by atoms with Crippen molar-refractivity contribution in [1.82, 2.24) is 0 Å². The second kappa shape index (κ2) is 13.2. The average Bonchev–Trinajstić information content (AvgIpc) is 3.44. The highest BCUT2D eigenvalue weighted by Gasteiger charge is 2.39. The first-order chi connectivity index (χ1) is 24.1. The van der Waals surface area contributed by atoms with Crippen LogP contribution in [-0.2, 0) is 23.9 Å². The Morgan fingerprint density at radius 1 is 0.520 bits per heavy atom. The van der Waals surface area contributed by atoms with E-state index in [0.29, 0.717) is 0 Å². The smallest absolute Gasteiger partial charge is 0.278 e. The van der Waals surface area contributed by atoms with Gasteiger partial charge in [-0.1, -0.05) is 103 Å². The van der Waals surface area contributed by atoms with Gasteiger partial charge < -0.3 is 9.80 Å². The third kappa shape index (κ3) is 5.63. The minimum atomic E-state index is -0.0450. The normalized spacial score (nSPS) is 18.6. The summed E-state index contributed by atoms with van der Waals surface area (Å²) in [5.74, 6) is 0. The largest absolute Gasteiger partial charge is 0.347 e. The molecule has 3 heterocycles. The molecule has 0 spiro atoms. The predicted molar refractivity (Wildman–Crippen MR) is 212 cm³/mol. The Labute approximate surface area is 299 Å². The number of allylic oxidation sites excluding steroid dienone is 4. The molecule has 7 rings (SSSR count). The lowest BCUT2D eigenvalue weighted by Crippen LogP contribution is -2.46.